The van der Waals surface area contributed by atoms with Crippen molar-refractivity contribution < 1.29 is 0 Å². The summed E-state index contributed by atoms with van der Waals surface area (Å²) in [6, 6.07) is 14.6. The molecule has 0 aliphatic rings. The number of allylic oxidation sites excluding steroid dienone is 4. The van der Waals surface area contributed by atoms with Crippen LogP contribution in [0.1, 0.15) is 19.5 Å². The molecular formula is C20H16N8S2. The first-order chi connectivity index (χ1) is 14.3. The number of hydrogen-bond acceptors (Lipinski definition) is 10. The van der Waals surface area contributed by atoms with Gasteiger partial charge in [-0.1, -0.05) is 0 Å². The number of nitrogens with two attached hydrogens (primary N) is 2. The standard InChI is InChI=1S/2C10H8N4S/c2*1-7-2-3-8(15-7)6-14-10(5-12)9(13)4-11/h2*2-3,6H,13H2,1H3/b2*10-9-,14-6?. The summed E-state index contributed by atoms with van der Waals surface area (Å²) >= 11 is 3.11. The van der Waals surface area contributed by atoms with Crippen molar-refractivity contribution in [3.05, 3.63) is 66.6 Å². The fourth-order valence-corrected chi connectivity index (χ4v) is 3.22. The van der Waals surface area contributed by atoms with Crippen molar-refractivity contribution in [2.75, 3.05) is 0 Å². The number of aliphatic imine (C=N–C) groups is 2. The Hall–Kier alpha value is -4.22. The van der Waals surface area contributed by atoms with E-state index in [1.807, 2.05) is 38.1 Å². The van der Waals surface area contributed by atoms with Crippen molar-refractivity contribution >= 4 is 35.1 Å². The SMILES string of the molecule is Cc1ccc(C=N/C(C#N)=C(\N)C#N)s1.Cc1ccc(C=N/C(C#N)=C(\N)C#N)s1. The Labute approximate surface area is 182 Å². The van der Waals surface area contributed by atoms with Gasteiger partial charge in [-0.25, -0.2) is 9.98 Å². The number of nitrogens with zero attached hydrogens (tertiary/aromatic N) is 6. The summed E-state index contributed by atoms with van der Waals surface area (Å²) in [7, 11) is 0. The summed E-state index contributed by atoms with van der Waals surface area (Å²) in [5.41, 5.74) is 10.1. The Morgan fingerprint density at radius 3 is 1.33 bits per heavy atom. The molecule has 0 aliphatic carbocycles. The van der Waals surface area contributed by atoms with Gasteiger partial charge in [0.15, 0.2) is 11.4 Å². The first kappa shape index (κ1) is 23.8. The molecule has 0 unspecified atom stereocenters. The summed E-state index contributed by atoms with van der Waals surface area (Å²) in [6.45, 7) is 3.96. The zero-order valence-electron chi connectivity index (χ0n) is 16.1. The summed E-state index contributed by atoms with van der Waals surface area (Å²) in [6.07, 6.45) is 3.06. The molecule has 2 aromatic heterocycles. The minimum Gasteiger partial charge on any atom is -0.388 e. The lowest BCUT2D eigenvalue weighted by Crippen LogP contribution is -1.97. The van der Waals surface area contributed by atoms with Gasteiger partial charge in [-0.3, -0.25) is 0 Å². The maximum absolute atomic E-state index is 8.66. The van der Waals surface area contributed by atoms with Crippen molar-refractivity contribution in [2.45, 2.75) is 13.8 Å². The van der Waals surface area contributed by atoms with Crippen LogP contribution < -0.4 is 11.5 Å². The third-order valence-corrected chi connectivity index (χ3v) is 5.00. The normalized spacial score (nSPS) is 11.9. The van der Waals surface area contributed by atoms with Gasteiger partial charge in [-0.05, 0) is 38.1 Å². The summed E-state index contributed by atoms with van der Waals surface area (Å²) < 4.78 is 0. The van der Waals surface area contributed by atoms with Gasteiger partial charge < -0.3 is 11.5 Å². The molecule has 0 amide bonds. The summed E-state index contributed by atoms with van der Waals surface area (Å²) in [4.78, 5) is 11.9. The first-order valence-electron chi connectivity index (χ1n) is 8.15. The first-order valence-corrected chi connectivity index (χ1v) is 9.78. The number of aryl methyl sites for hydroxylation is 2. The third-order valence-electron chi connectivity index (χ3n) is 3.13. The molecule has 30 heavy (non-hydrogen) atoms. The smallest absolute Gasteiger partial charge is 0.174 e. The van der Waals surface area contributed by atoms with Gasteiger partial charge in [0.05, 0.1) is 0 Å². The van der Waals surface area contributed by atoms with E-state index in [0.717, 1.165) is 19.5 Å². The van der Waals surface area contributed by atoms with Crippen LogP contribution in [0.2, 0.25) is 0 Å². The Morgan fingerprint density at radius 2 is 1.10 bits per heavy atom. The van der Waals surface area contributed by atoms with Crippen molar-refractivity contribution in [1.29, 1.82) is 21.0 Å². The quantitative estimate of drug-likeness (QED) is 0.553. The number of hydrogen-bond donors (Lipinski definition) is 2. The molecule has 0 saturated heterocycles. The van der Waals surface area contributed by atoms with Gasteiger partial charge in [-0.15, -0.1) is 22.7 Å². The topological polar surface area (TPSA) is 172 Å². The fraction of sp³-hybridized carbons (Fsp3) is 0.100. The van der Waals surface area contributed by atoms with E-state index in [9.17, 15) is 0 Å². The predicted octanol–water partition coefficient (Wildman–Crippen LogP) is 3.39. The van der Waals surface area contributed by atoms with E-state index in [1.165, 1.54) is 12.4 Å². The highest BCUT2D eigenvalue weighted by Crippen LogP contribution is 2.14. The highest BCUT2D eigenvalue weighted by molar-refractivity contribution is 7.13. The molecule has 0 fully saturated rings. The lowest BCUT2D eigenvalue weighted by Gasteiger charge is -1.88. The van der Waals surface area contributed by atoms with Crippen LogP contribution in [0.25, 0.3) is 0 Å². The predicted molar refractivity (Wildman–Crippen MR) is 118 cm³/mol. The molecular weight excluding hydrogens is 416 g/mol. The van der Waals surface area contributed by atoms with Crippen LogP contribution in [0.4, 0.5) is 0 Å². The molecule has 10 heteroatoms. The molecule has 0 aliphatic heterocycles. The molecule has 148 valence electrons. The molecule has 0 radical (unpaired) electrons. The maximum atomic E-state index is 8.66. The largest absolute Gasteiger partial charge is 0.388 e. The molecule has 4 N–H and O–H groups in total. The van der Waals surface area contributed by atoms with Gasteiger partial charge in [-0.2, -0.15) is 21.0 Å². The van der Waals surface area contributed by atoms with Gasteiger partial charge in [0.1, 0.15) is 35.7 Å². The van der Waals surface area contributed by atoms with E-state index in [4.69, 9.17) is 32.5 Å². The zero-order chi connectivity index (χ0) is 22.5. The second kappa shape index (κ2) is 12.3. The molecule has 0 saturated carbocycles. The molecule has 0 aromatic carbocycles. The minimum atomic E-state index is -0.165. The van der Waals surface area contributed by atoms with E-state index in [-0.39, 0.29) is 22.8 Å². The van der Waals surface area contributed by atoms with E-state index in [0.29, 0.717) is 0 Å². The number of rotatable bonds is 4. The number of thiophene rings is 2. The molecule has 2 rings (SSSR count). The minimum absolute atomic E-state index is 0.0523. The monoisotopic (exact) mass is 432 g/mol. The molecule has 2 aromatic rings. The van der Waals surface area contributed by atoms with Crippen LogP contribution in [-0.4, -0.2) is 12.4 Å². The van der Waals surface area contributed by atoms with Crippen molar-refractivity contribution in [3.8, 4) is 24.3 Å². The Bertz CT molecular complexity index is 1090. The van der Waals surface area contributed by atoms with Gasteiger partial charge in [0.25, 0.3) is 0 Å². The highest BCUT2D eigenvalue weighted by atomic mass is 32.1. The molecule has 8 nitrogen and oxygen atoms in total. The van der Waals surface area contributed by atoms with Gasteiger partial charge in [0.2, 0.25) is 0 Å². The van der Waals surface area contributed by atoms with Crippen LogP contribution >= 0.6 is 22.7 Å². The zero-order valence-corrected chi connectivity index (χ0v) is 17.8. The molecule has 0 atom stereocenters. The second-order valence-electron chi connectivity index (χ2n) is 5.39. The van der Waals surface area contributed by atoms with Crippen molar-refractivity contribution in [2.24, 2.45) is 21.5 Å². The maximum Gasteiger partial charge on any atom is 0.174 e. The average molecular weight is 433 g/mol. The lowest BCUT2D eigenvalue weighted by molar-refractivity contribution is 1.27. The van der Waals surface area contributed by atoms with Gasteiger partial charge >= 0.3 is 0 Å². The van der Waals surface area contributed by atoms with Crippen LogP contribution in [-0.2, 0) is 0 Å². The van der Waals surface area contributed by atoms with E-state index < -0.39 is 0 Å². The van der Waals surface area contributed by atoms with Crippen LogP contribution in [0, 0.1) is 59.2 Å². The van der Waals surface area contributed by atoms with E-state index in [1.54, 1.807) is 47.0 Å². The average Bonchev–Trinajstić information content (AvgIpc) is 3.36. The Morgan fingerprint density at radius 1 is 0.733 bits per heavy atom. The fourth-order valence-electron chi connectivity index (χ4n) is 1.73. The Kier molecular flexibility index (Phi) is 9.75. The van der Waals surface area contributed by atoms with Crippen LogP contribution in [0.15, 0.2) is 57.0 Å². The number of nitriles is 4. The van der Waals surface area contributed by atoms with Crippen LogP contribution in [0.3, 0.4) is 0 Å². The van der Waals surface area contributed by atoms with E-state index in [2.05, 4.69) is 9.98 Å². The highest BCUT2D eigenvalue weighted by Gasteiger charge is 2.00. The summed E-state index contributed by atoms with van der Waals surface area (Å²) in [5, 5.41) is 34.3. The Balaban J connectivity index is 0.000000300. The van der Waals surface area contributed by atoms with Gasteiger partial charge in [0, 0.05) is 31.9 Å². The molecule has 0 spiro atoms. The third kappa shape index (κ3) is 7.80. The second-order valence-corrected chi connectivity index (χ2v) is 8.02. The van der Waals surface area contributed by atoms with Crippen molar-refractivity contribution in [3.63, 3.8) is 0 Å². The van der Waals surface area contributed by atoms with Crippen molar-refractivity contribution in [1.82, 2.24) is 0 Å². The van der Waals surface area contributed by atoms with E-state index >= 15 is 0 Å². The molecule has 2 heterocycles. The van der Waals surface area contributed by atoms with Crippen LogP contribution in [0.5, 0.6) is 0 Å². The lowest BCUT2D eigenvalue weighted by atomic mass is 10.4. The summed E-state index contributed by atoms with van der Waals surface area (Å²) in [5.74, 6) is 0. The molecule has 0 bridgehead atoms.